The van der Waals surface area contributed by atoms with E-state index in [0.29, 0.717) is 18.0 Å². The molecule has 1 unspecified atom stereocenters. The van der Waals surface area contributed by atoms with Gasteiger partial charge in [-0.05, 0) is 38.0 Å². The molecule has 2 fully saturated rings. The van der Waals surface area contributed by atoms with Crippen LogP contribution in [0.4, 0.5) is 0 Å². The molecule has 6 heteroatoms. The molecule has 0 aromatic carbocycles. The Labute approximate surface area is 149 Å². The van der Waals surface area contributed by atoms with Gasteiger partial charge in [0.2, 0.25) is 5.91 Å². The first kappa shape index (κ1) is 17.8. The van der Waals surface area contributed by atoms with Crippen molar-refractivity contribution in [3.8, 4) is 0 Å². The van der Waals surface area contributed by atoms with E-state index in [9.17, 15) is 9.59 Å². The Hall–Kier alpha value is -1.98. The Morgan fingerprint density at radius 1 is 1.12 bits per heavy atom. The Morgan fingerprint density at radius 2 is 1.88 bits per heavy atom. The highest BCUT2D eigenvalue weighted by molar-refractivity contribution is 5.93. The summed E-state index contributed by atoms with van der Waals surface area (Å²) >= 11 is 0. The third kappa shape index (κ3) is 4.77. The molecule has 1 saturated carbocycles. The largest absolute Gasteiger partial charge is 0.348 e. The summed E-state index contributed by atoms with van der Waals surface area (Å²) < 4.78 is 0. The fourth-order valence-corrected chi connectivity index (χ4v) is 4.00. The number of likely N-dealkylation sites (tertiary alicyclic amines) is 1. The van der Waals surface area contributed by atoms with Gasteiger partial charge in [0.15, 0.2) is 0 Å². The van der Waals surface area contributed by atoms with Gasteiger partial charge in [0, 0.05) is 38.4 Å². The minimum absolute atomic E-state index is 0.103. The Bertz CT molecular complexity index is 613. The predicted octanol–water partition coefficient (Wildman–Crippen LogP) is 2.34. The van der Waals surface area contributed by atoms with Crippen LogP contribution in [0.3, 0.4) is 0 Å². The van der Waals surface area contributed by atoms with Crippen LogP contribution in [-0.4, -0.2) is 45.8 Å². The molecular formula is C19H28N4O2. The van der Waals surface area contributed by atoms with E-state index in [2.05, 4.69) is 15.3 Å². The van der Waals surface area contributed by atoms with E-state index in [1.54, 1.807) is 19.3 Å². The number of amides is 2. The smallest absolute Gasteiger partial charge is 0.271 e. The molecule has 1 aliphatic heterocycles. The lowest BCUT2D eigenvalue weighted by Crippen LogP contribution is -2.40. The van der Waals surface area contributed by atoms with Crippen LogP contribution >= 0.6 is 0 Å². The molecule has 1 aromatic rings. The van der Waals surface area contributed by atoms with Gasteiger partial charge in [0.1, 0.15) is 5.69 Å². The van der Waals surface area contributed by atoms with E-state index in [1.165, 1.54) is 19.3 Å². The molecule has 1 saturated heterocycles. The molecule has 2 heterocycles. The fourth-order valence-electron chi connectivity index (χ4n) is 4.00. The van der Waals surface area contributed by atoms with Crippen LogP contribution in [0.5, 0.6) is 0 Å². The van der Waals surface area contributed by atoms with E-state index in [-0.39, 0.29) is 17.9 Å². The van der Waals surface area contributed by atoms with E-state index in [0.717, 1.165) is 44.5 Å². The van der Waals surface area contributed by atoms with Gasteiger partial charge in [-0.25, -0.2) is 4.98 Å². The summed E-state index contributed by atoms with van der Waals surface area (Å²) in [5.41, 5.74) is 1.21. The first-order valence-corrected chi connectivity index (χ1v) is 9.49. The van der Waals surface area contributed by atoms with Gasteiger partial charge in [0.25, 0.3) is 5.91 Å². The van der Waals surface area contributed by atoms with Crippen LogP contribution in [0.25, 0.3) is 0 Å². The molecule has 1 N–H and O–H groups in total. The van der Waals surface area contributed by atoms with Gasteiger partial charge in [-0.2, -0.15) is 0 Å². The van der Waals surface area contributed by atoms with E-state index in [4.69, 9.17) is 0 Å². The maximum absolute atomic E-state index is 12.7. The molecular weight excluding hydrogens is 316 g/mol. The lowest BCUT2D eigenvalue weighted by molar-refractivity contribution is -0.130. The zero-order valence-corrected chi connectivity index (χ0v) is 15.0. The average molecular weight is 344 g/mol. The third-order valence-electron chi connectivity index (χ3n) is 5.38. The monoisotopic (exact) mass is 344 g/mol. The van der Waals surface area contributed by atoms with Crippen LogP contribution in [0, 0.1) is 5.92 Å². The molecule has 1 aromatic heterocycles. The van der Waals surface area contributed by atoms with Crippen molar-refractivity contribution in [3.05, 3.63) is 23.8 Å². The molecule has 25 heavy (non-hydrogen) atoms. The van der Waals surface area contributed by atoms with Crippen molar-refractivity contribution < 1.29 is 9.59 Å². The molecule has 0 bridgehead atoms. The van der Waals surface area contributed by atoms with E-state index < -0.39 is 0 Å². The van der Waals surface area contributed by atoms with Gasteiger partial charge >= 0.3 is 0 Å². The van der Waals surface area contributed by atoms with Crippen molar-refractivity contribution in [1.82, 2.24) is 20.2 Å². The molecule has 2 amide bonds. The lowest BCUT2D eigenvalue weighted by Gasteiger charge is -2.32. The third-order valence-corrected chi connectivity index (χ3v) is 5.38. The Balaban J connectivity index is 1.65. The highest BCUT2D eigenvalue weighted by Crippen LogP contribution is 2.22. The summed E-state index contributed by atoms with van der Waals surface area (Å²) in [6.45, 7) is 3.20. The fraction of sp³-hybridized carbons (Fsp3) is 0.684. The van der Waals surface area contributed by atoms with Gasteiger partial charge in [-0.15, -0.1) is 0 Å². The minimum Gasteiger partial charge on any atom is -0.348 e. The lowest BCUT2D eigenvalue weighted by atomic mass is 9.92. The maximum Gasteiger partial charge on any atom is 0.271 e. The van der Waals surface area contributed by atoms with Gasteiger partial charge in [-0.1, -0.05) is 19.3 Å². The van der Waals surface area contributed by atoms with Crippen molar-refractivity contribution in [1.29, 1.82) is 0 Å². The Morgan fingerprint density at radius 3 is 2.64 bits per heavy atom. The number of carbonyl (C=O) groups excluding carboxylic acids is 2. The van der Waals surface area contributed by atoms with E-state index in [1.807, 2.05) is 4.90 Å². The first-order valence-electron chi connectivity index (χ1n) is 9.49. The number of carbonyl (C=O) groups is 2. The molecule has 2 aliphatic rings. The summed E-state index contributed by atoms with van der Waals surface area (Å²) in [7, 11) is 0. The van der Waals surface area contributed by atoms with Crippen molar-refractivity contribution in [2.24, 2.45) is 5.92 Å². The van der Waals surface area contributed by atoms with E-state index >= 15 is 0 Å². The standard InChI is InChI=1S/C19H28N4O2/c1-14(24)23-11-5-6-15(13-23)12-17-18(21-10-9-20-17)19(25)22-16-7-3-2-4-8-16/h9-10,15-16H,2-8,11-13H2,1H3,(H,22,25). The minimum atomic E-state index is -0.103. The predicted molar refractivity (Wildman–Crippen MR) is 95.1 cm³/mol. The number of piperidine rings is 1. The van der Waals surface area contributed by atoms with Gasteiger partial charge in [-0.3, -0.25) is 14.6 Å². The number of hydrogen-bond donors (Lipinski definition) is 1. The molecule has 3 rings (SSSR count). The normalized spacial score (nSPS) is 21.8. The highest BCUT2D eigenvalue weighted by atomic mass is 16.2. The quantitative estimate of drug-likeness (QED) is 0.910. The van der Waals surface area contributed by atoms with Crippen LogP contribution in [0.2, 0.25) is 0 Å². The zero-order valence-electron chi connectivity index (χ0n) is 15.0. The van der Waals surface area contributed by atoms with Crippen molar-refractivity contribution in [3.63, 3.8) is 0 Å². The molecule has 136 valence electrons. The van der Waals surface area contributed by atoms with Crippen molar-refractivity contribution in [2.75, 3.05) is 13.1 Å². The number of nitrogens with zero attached hydrogens (tertiary/aromatic N) is 3. The summed E-state index contributed by atoms with van der Waals surface area (Å²) in [5, 5.41) is 3.13. The zero-order chi connectivity index (χ0) is 17.6. The number of aromatic nitrogens is 2. The average Bonchev–Trinajstić information content (AvgIpc) is 2.63. The van der Waals surface area contributed by atoms with Gasteiger partial charge in [0.05, 0.1) is 5.69 Å². The number of nitrogens with one attached hydrogen (secondary N) is 1. The number of hydrogen-bond acceptors (Lipinski definition) is 4. The maximum atomic E-state index is 12.7. The Kier molecular flexibility index (Phi) is 6.00. The molecule has 0 radical (unpaired) electrons. The summed E-state index contributed by atoms with van der Waals surface area (Å²) in [5.74, 6) is 0.365. The number of rotatable bonds is 4. The summed E-state index contributed by atoms with van der Waals surface area (Å²) in [6.07, 6.45) is 11.7. The summed E-state index contributed by atoms with van der Waals surface area (Å²) in [6, 6.07) is 0.263. The van der Waals surface area contributed by atoms with Crippen LogP contribution in [0.15, 0.2) is 12.4 Å². The van der Waals surface area contributed by atoms with Crippen molar-refractivity contribution >= 4 is 11.8 Å². The first-order chi connectivity index (χ1) is 12.1. The second-order valence-electron chi connectivity index (χ2n) is 7.34. The van der Waals surface area contributed by atoms with Crippen LogP contribution in [0.1, 0.15) is 68.1 Å². The van der Waals surface area contributed by atoms with Crippen molar-refractivity contribution in [2.45, 2.75) is 64.3 Å². The second-order valence-corrected chi connectivity index (χ2v) is 7.34. The summed E-state index contributed by atoms with van der Waals surface area (Å²) in [4.78, 5) is 34.9. The van der Waals surface area contributed by atoms with Crippen LogP contribution in [-0.2, 0) is 11.2 Å². The molecule has 0 spiro atoms. The molecule has 1 aliphatic carbocycles. The topological polar surface area (TPSA) is 75.2 Å². The van der Waals surface area contributed by atoms with Gasteiger partial charge < -0.3 is 10.2 Å². The molecule has 6 nitrogen and oxygen atoms in total. The highest BCUT2D eigenvalue weighted by Gasteiger charge is 2.25. The molecule has 1 atom stereocenters. The van der Waals surface area contributed by atoms with Crippen LogP contribution < -0.4 is 5.32 Å². The SMILES string of the molecule is CC(=O)N1CCCC(Cc2nccnc2C(=O)NC2CCCCC2)C1. The second kappa shape index (κ2) is 8.41.